The van der Waals surface area contributed by atoms with Crippen LogP contribution >= 0.6 is 0 Å². The van der Waals surface area contributed by atoms with Crippen molar-refractivity contribution in [3.63, 3.8) is 0 Å². The quantitative estimate of drug-likeness (QED) is 0.435. The molecule has 0 spiro atoms. The van der Waals surface area contributed by atoms with Crippen molar-refractivity contribution in [3.05, 3.63) is 11.6 Å². The lowest BCUT2D eigenvalue weighted by atomic mass is 9.84. The van der Waals surface area contributed by atoms with Gasteiger partial charge in [0.05, 0.1) is 0 Å². The molecule has 0 bridgehead atoms. The van der Waals surface area contributed by atoms with Gasteiger partial charge in [0, 0.05) is 0 Å². The molecule has 0 heterocycles. The molecule has 0 saturated heterocycles. The maximum Gasteiger partial charge on any atom is -0.0200 e. The first-order valence-corrected chi connectivity index (χ1v) is 3.78. The third-order valence-corrected chi connectivity index (χ3v) is 1.63. The highest BCUT2D eigenvalue weighted by molar-refractivity contribution is 5.12. The van der Waals surface area contributed by atoms with E-state index in [0.717, 1.165) is 0 Å². The summed E-state index contributed by atoms with van der Waals surface area (Å²) in [5, 5.41) is 0. The summed E-state index contributed by atoms with van der Waals surface area (Å²) in [7, 11) is 0. The average Bonchev–Trinajstić information content (AvgIpc) is 1.53. The zero-order valence-corrected chi connectivity index (χ0v) is 6.70. The van der Waals surface area contributed by atoms with E-state index in [1.807, 2.05) is 0 Å². The molecule has 0 N–H and O–H groups in total. The number of hydrogen-bond acceptors (Lipinski definition) is 0. The van der Waals surface area contributed by atoms with Crippen molar-refractivity contribution in [1.82, 2.24) is 0 Å². The second kappa shape index (κ2) is 2.17. The van der Waals surface area contributed by atoms with Crippen LogP contribution < -0.4 is 0 Å². The van der Waals surface area contributed by atoms with Crippen LogP contribution in [-0.2, 0) is 0 Å². The van der Waals surface area contributed by atoms with Crippen molar-refractivity contribution in [1.29, 1.82) is 0 Å². The van der Waals surface area contributed by atoms with Gasteiger partial charge in [-0.05, 0) is 24.7 Å². The van der Waals surface area contributed by atoms with Gasteiger partial charge in [0.15, 0.2) is 0 Å². The molecule has 0 aliphatic heterocycles. The van der Waals surface area contributed by atoms with E-state index in [1.54, 1.807) is 5.57 Å². The molecule has 0 nitrogen and oxygen atoms in total. The topological polar surface area (TPSA) is 0 Å². The molecule has 9 heavy (non-hydrogen) atoms. The molecule has 0 aromatic carbocycles. The maximum atomic E-state index is 2.41. The van der Waals surface area contributed by atoms with E-state index in [4.69, 9.17) is 0 Å². The van der Waals surface area contributed by atoms with Gasteiger partial charge in [-0.2, -0.15) is 0 Å². The molecular weight excluding hydrogens is 108 g/mol. The summed E-state index contributed by atoms with van der Waals surface area (Å²) < 4.78 is 0. The normalized spacial score (nSPS) is 19.2. The lowest BCUT2D eigenvalue weighted by Crippen LogP contribution is -2.05. The standard InChI is InChI=1S/C9H16/c1-9(2,3)7-8-5-4-6-8/h7H,4-6H2,1-3H3. The van der Waals surface area contributed by atoms with Crippen LogP contribution in [-0.4, -0.2) is 0 Å². The molecule has 0 unspecified atom stereocenters. The largest absolute Gasteiger partial charge is 0.0799 e. The van der Waals surface area contributed by atoms with E-state index in [9.17, 15) is 0 Å². The summed E-state index contributed by atoms with van der Waals surface area (Å²) in [6.07, 6.45) is 6.55. The molecule has 0 radical (unpaired) electrons. The van der Waals surface area contributed by atoms with E-state index < -0.39 is 0 Å². The van der Waals surface area contributed by atoms with Crippen molar-refractivity contribution in [2.45, 2.75) is 40.0 Å². The van der Waals surface area contributed by atoms with Crippen molar-refractivity contribution < 1.29 is 0 Å². The Balaban J connectivity index is 2.46. The van der Waals surface area contributed by atoms with Crippen molar-refractivity contribution >= 4 is 0 Å². The number of rotatable bonds is 0. The first kappa shape index (κ1) is 6.85. The lowest BCUT2D eigenvalue weighted by molar-refractivity contribution is 0.519. The SMILES string of the molecule is CC(C)(C)C=C1CCC1. The minimum absolute atomic E-state index is 0.412. The Morgan fingerprint density at radius 2 is 1.78 bits per heavy atom. The summed E-state index contributed by atoms with van der Waals surface area (Å²) in [4.78, 5) is 0. The molecular formula is C9H16. The fourth-order valence-corrected chi connectivity index (χ4v) is 1.14. The van der Waals surface area contributed by atoms with E-state index in [-0.39, 0.29) is 0 Å². The smallest absolute Gasteiger partial charge is 0.0200 e. The fraction of sp³-hybridized carbons (Fsp3) is 0.778. The predicted octanol–water partition coefficient (Wildman–Crippen LogP) is 3.14. The van der Waals surface area contributed by atoms with Crippen LogP contribution in [0.3, 0.4) is 0 Å². The molecule has 1 saturated carbocycles. The van der Waals surface area contributed by atoms with Gasteiger partial charge in [-0.3, -0.25) is 0 Å². The summed E-state index contributed by atoms with van der Waals surface area (Å²) >= 11 is 0. The summed E-state index contributed by atoms with van der Waals surface area (Å²) in [6.45, 7) is 6.79. The molecule has 1 aliphatic rings. The van der Waals surface area contributed by atoms with Crippen LogP contribution in [0.5, 0.6) is 0 Å². The molecule has 1 aliphatic carbocycles. The van der Waals surface area contributed by atoms with Crippen molar-refractivity contribution in [3.8, 4) is 0 Å². The van der Waals surface area contributed by atoms with Crippen molar-refractivity contribution in [2.24, 2.45) is 5.41 Å². The molecule has 52 valence electrons. The highest BCUT2D eigenvalue weighted by Crippen LogP contribution is 2.30. The summed E-state index contributed by atoms with van der Waals surface area (Å²) in [5.41, 5.74) is 2.08. The van der Waals surface area contributed by atoms with E-state index in [1.165, 1.54) is 19.3 Å². The maximum absolute atomic E-state index is 2.41. The monoisotopic (exact) mass is 124 g/mol. The predicted molar refractivity (Wildman–Crippen MR) is 41.4 cm³/mol. The van der Waals surface area contributed by atoms with Gasteiger partial charge in [-0.15, -0.1) is 0 Å². The first-order chi connectivity index (χ1) is 4.08. The Morgan fingerprint density at radius 1 is 1.22 bits per heavy atom. The summed E-state index contributed by atoms with van der Waals surface area (Å²) in [5.74, 6) is 0. The average molecular weight is 124 g/mol. The molecule has 0 aromatic heterocycles. The minimum atomic E-state index is 0.412. The highest BCUT2D eigenvalue weighted by Gasteiger charge is 2.12. The lowest BCUT2D eigenvalue weighted by Gasteiger charge is -2.21. The molecule has 0 aromatic rings. The van der Waals surface area contributed by atoms with Gasteiger partial charge in [0.25, 0.3) is 0 Å². The van der Waals surface area contributed by atoms with Gasteiger partial charge in [0.1, 0.15) is 0 Å². The van der Waals surface area contributed by atoms with Crippen LogP contribution in [0.25, 0.3) is 0 Å². The van der Waals surface area contributed by atoms with Gasteiger partial charge in [-0.1, -0.05) is 32.4 Å². The molecule has 1 rings (SSSR count). The molecule has 0 heteroatoms. The molecule has 0 amide bonds. The highest BCUT2D eigenvalue weighted by atomic mass is 14.2. The fourth-order valence-electron chi connectivity index (χ4n) is 1.14. The Labute approximate surface area is 58.0 Å². The van der Waals surface area contributed by atoms with Crippen LogP contribution in [0.1, 0.15) is 40.0 Å². The number of hydrogen-bond donors (Lipinski definition) is 0. The second-order valence-electron chi connectivity index (χ2n) is 4.02. The Bertz CT molecular complexity index is 117. The van der Waals surface area contributed by atoms with E-state index in [2.05, 4.69) is 26.8 Å². The minimum Gasteiger partial charge on any atom is -0.0799 e. The van der Waals surface area contributed by atoms with E-state index in [0.29, 0.717) is 5.41 Å². The molecule has 1 fully saturated rings. The first-order valence-electron chi connectivity index (χ1n) is 3.78. The summed E-state index contributed by atoms with van der Waals surface area (Å²) in [6, 6.07) is 0. The number of allylic oxidation sites excluding steroid dienone is 2. The van der Waals surface area contributed by atoms with Gasteiger partial charge >= 0.3 is 0 Å². The van der Waals surface area contributed by atoms with Crippen molar-refractivity contribution in [2.75, 3.05) is 0 Å². The Morgan fingerprint density at radius 3 is 1.89 bits per heavy atom. The zero-order chi connectivity index (χ0) is 6.91. The Kier molecular flexibility index (Phi) is 1.65. The molecule has 0 atom stereocenters. The Hall–Kier alpha value is -0.260. The van der Waals surface area contributed by atoms with Crippen LogP contribution in [0, 0.1) is 5.41 Å². The van der Waals surface area contributed by atoms with Gasteiger partial charge < -0.3 is 0 Å². The third-order valence-electron chi connectivity index (χ3n) is 1.63. The van der Waals surface area contributed by atoms with Gasteiger partial charge in [-0.25, -0.2) is 0 Å². The second-order valence-corrected chi connectivity index (χ2v) is 4.02. The van der Waals surface area contributed by atoms with Gasteiger partial charge in [0.2, 0.25) is 0 Å². The van der Waals surface area contributed by atoms with Crippen LogP contribution in [0.2, 0.25) is 0 Å². The van der Waals surface area contributed by atoms with E-state index >= 15 is 0 Å². The van der Waals surface area contributed by atoms with Crippen LogP contribution in [0.15, 0.2) is 11.6 Å². The zero-order valence-electron chi connectivity index (χ0n) is 6.70. The van der Waals surface area contributed by atoms with Crippen LogP contribution in [0.4, 0.5) is 0 Å². The third kappa shape index (κ3) is 2.21.